The van der Waals surface area contributed by atoms with Crippen molar-refractivity contribution in [2.24, 2.45) is 0 Å². The molecule has 0 aliphatic carbocycles. The number of nitrogens with zero attached hydrogens (tertiary/aromatic N) is 1. The van der Waals surface area contributed by atoms with Gasteiger partial charge in [0.25, 0.3) is 6.43 Å². The van der Waals surface area contributed by atoms with Gasteiger partial charge >= 0.3 is 0 Å². The molecule has 0 amide bonds. The average Bonchev–Trinajstić information content (AvgIpc) is 2.41. The van der Waals surface area contributed by atoms with Gasteiger partial charge in [0.15, 0.2) is 11.6 Å². The van der Waals surface area contributed by atoms with Crippen LogP contribution in [0.4, 0.5) is 28.9 Å². The Bertz CT molecular complexity index is 495. The molecule has 0 saturated carbocycles. The Morgan fingerprint density at radius 2 is 1.86 bits per heavy atom. The second kappa shape index (κ2) is 7.38. The average molecular weight is 327 g/mol. The highest BCUT2D eigenvalue weighted by atomic mass is 32.1. The van der Waals surface area contributed by atoms with Crippen molar-refractivity contribution < 1.29 is 27.9 Å². The molecular formula is C11H13F4N3O2S. The van der Waals surface area contributed by atoms with E-state index in [0.29, 0.717) is 5.06 Å². The standard InChI is InChI=1S/C11H13F4N3O2S/c12-7-1-5(2-8(13)9(7)16)18(20)4-6(19)3-17-11(21)10(14)15/h1-2,6,10,19-20H,3-4,16H2,(H,17,21)/t6-/m0/s1. The predicted molar refractivity (Wildman–Crippen MR) is 72.5 cm³/mol. The van der Waals surface area contributed by atoms with Crippen LogP contribution < -0.4 is 16.1 Å². The monoisotopic (exact) mass is 327 g/mol. The first-order chi connectivity index (χ1) is 9.72. The Balaban J connectivity index is 2.60. The molecule has 0 heterocycles. The molecule has 118 valence electrons. The maximum atomic E-state index is 13.2. The zero-order valence-electron chi connectivity index (χ0n) is 10.6. The summed E-state index contributed by atoms with van der Waals surface area (Å²) in [5.41, 5.74) is 4.09. The largest absolute Gasteiger partial charge is 0.394 e. The summed E-state index contributed by atoms with van der Waals surface area (Å²) in [5, 5.41) is 21.6. The Kier molecular flexibility index (Phi) is 6.12. The van der Waals surface area contributed by atoms with E-state index in [4.69, 9.17) is 5.73 Å². The van der Waals surface area contributed by atoms with Crippen LogP contribution in [0.25, 0.3) is 0 Å². The van der Waals surface area contributed by atoms with Crippen molar-refractivity contribution in [1.29, 1.82) is 0 Å². The first-order valence-electron chi connectivity index (χ1n) is 5.67. The van der Waals surface area contributed by atoms with Gasteiger partial charge in [0.05, 0.1) is 18.3 Å². The number of anilines is 2. The van der Waals surface area contributed by atoms with E-state index in [0.717, 1.165) is 12.1 Å². The number of rotatable bonds is 6. The van der Waals surface area contributed by atoms with Crippen LogP contribution in [0.2, 0.25) is 0 Å². The molecule has 5 N–H and O–H groups in total. The van der Waals surface area contributed by atoms with E-state index in [9.17, 15) is 27.9 Å². The van der Waals surface area contributed by atoms with E-state index >= 15 is 0 Å². The molecule has 0 bridgehead atoms. The van der Waals surface area contributed by atoms with Gasteiger partial charge < -0.3 is 16.2 Å². The number of aliphatic hydroxyl groups excluding tert-OH is 1. The number of thiocarbonyl (C=S) groups is 1. The molecule has 0 radical (unpaired) electrons. The fraction of sp³-hybridized carbons (Fsp3) is 0.364. The van der Waals surface area contributed by atoms with Gasteiger partial charge in [-0.1, -0.05) is 12.2 Å². The van der Waals surface area contributed by atoms with Crippen molar-refractivity contribution in [3.05, 3.63) is 23.8 Å². The van der Waals surface area contributed by atoms with E-state index < -0.39 is 41.4 Å². The Morgan fingerprint density at radius 3 is 2.33 bits per heavy atom. The minimum Gasteiger partial charge on any atom is -0.394 e. The molecule has 10 heteroatoms. The lowest BCUT2D eigenvalue weighted by molar-refractivity contribution is 0.138. The third-order valence-electron chi connectivity index (χ3n) is 2.46. The van der Waals surface area contributed by atoms with Crippen LogP contribution >= 0.6 is 12.2 Å². The number of hydroxylamine groups is 1. The van der Waals surface area contributed by atoms with Gasteiger partial charge in [-0.25, -0.2) is 17.6 Å². The molecule has 0 saturated heterocycles. The first kappa shape index (κ1) is 17.4. The first-order valence-corrected chi connectivity index (χ1v) is 6.08. The summed E-state index contributed by atoms with van der Waals surface area (Å²) in [6.07, 6.45) is -4.17. The fourth-order valence-electron chi connectivity index (χ4n) is 1.39. The lowest BCUT2D eigenvalue weighted by Crippen LogP contribution is -2.40. The third-order valence-corrected chi connectivity index (χ3v) is 2.78. The van der Waals surface area contributed by atoms with E-state index in [2.05, 4.69) is 17.5 Å². The minimum atomic E-state index is -2.86. The molecule has 1 rings (SSSR count). The molecule has 1 atom stereocenters. The van der Waals surface area contributed by atoms with Crippen LogP contribution in [0.5, 0.6) is 0 Å². The highest BCUT2D eigenvalue weighted by Crippen LogP contribution is 2.22. The van der Waals surface area contributed by atoms with Gasteiger partial charge in [-0.15, -0.1) is 0 Å². The van der Waals surface area contributed by atoms with Gasteiger partial charge in [0.2, 0.25) is 0 Å². The van der Waals surface area contributed by atoms with E-state index in [1.807, 2.05) is 0 Å². The van der Waals surface area contributed by atoms with Crippen molar-refractivity contribution in [2.45, 2.75) is 12.5 Å². The predicted octanol–water partition coefficient (Wildman–Crippen LogP) is 1.29. The molecule has 0 unspecified atom stereocenters. The molecular weight excluding hydrogens is 314 g/mol. The third kappa shape index (κ3) is 4.99. The van der Waals surface area contributed by atoms with Crippen LogP contribution in [-0.4, -0.2) is 40.9 Å². The molecule has 1 aromatic carbocycles. The van der Waals surface area contributed by atoms with Crippen molar-refractivity contribution in [3.8, 4) is 0 Å². The molecule has 1 aromatic rings. The Hall–Kier alpha value is -1.65. The van der Waals surface area contributed by atoms with Crippen LogP contribution in [-0.2, 0) is 0 Å². The summed E-state index contributed by atoms with van der Waals surface area (Å²) in [5.74, 6) is -2.15. The number of hydrogen-bond acceptors (Lipinski definition) is 5. The highest BCUT2D eigenvalue weighted by molar-refractivity contribution is 7.80. The maximum Gasteiger partial charge on any atom is 0.288 e. The number of aliphatic hydroxyl groups is 1. The molecule has 21 heavy (non-hydrogen) atoms. The zero-order valence-corrected chi connectivity index (χ0v) is 11.4. The van der Waals surface area contributed by atoms with Crippen molar-refractivity contribution in [1.82, 2.24) is 5.32 Å². The van der Waals surface area contributed by atoms with E-state index in [-0.39, 0.29) is 12.2 Å². The SMILES string of the molecule is Nc1c(F)cc(N(O)C[C@@H](O)CNC(=S)C(F)F)cc1F. The van der Waals surface area contributed by atoms with Gasteiger partial charge in [0, 0.05) is 18.7 Å². The molecule has 0 spiro atoms. The second-order valence-electron chi connectivity index (χ2n) is 4.10. The zero-order chi connectivity index (χ0) is 16.2. The summed E-state index contributed by atoms with van der Waals surface area (Å²) in [6, 6.07) is 1.53. The van der Waals surface area contributed by atoms with Gasteiger partial charge in [-0.2, -0.15) is 0 Å². The van der Waals surface area contributed by atoms with Crippen molar-refractivity contribution in [3.63, 3.8) is 0 Å². The summed E-state index contributed by atoms with van der Waals surface area (Å²) in [7, 11) is 0. The summed E-state index contributed by atoms with van der Waals surface area (Å²) in [4.78, 5) is -0.747. The quantitative estimate of drug-likeness (QED) is 0.273. The topological polar surface area (TPSA) is 81.8 Å². The minimum absolute atomic E-state index is 0.283. The highest BCUT2D eigenvalue weighted by Gasteiger charge is 2.16. The van der Waals surface area contributed by atoms with Gasteiger partial charge in [-0.05, 0) is 0 Å². The smallest absolute Gasteiger partial charge is 0.288 e. The van der Waals surface area contributed by atoms with Gasteiger partial charge in [-0.3, -0.25) is 10.3 Å². The van der Waals surface area contributed by atoms with E-state index in [1.165, 1.54) is 0 Å². The lowest BCUT2D eigenvalue weighted by Gasteiger charge is -2.21. The fourth-order valence-corrected chi connectivity index (χ4v) is 1.47. The van der Waals surface area contributed by atoms with Crippen LogP contribution in [0.3, 0.4) is 0 Å². The molecule has 0 aromatic heterocycles. The summed E-state index contributed by atoms with van der Waals surface area (Å²) < 4.78 is 50.6. The van der Waals surface area contributed by atoms with Crippen LogP contribution in [0.1, 0.15) is 0 Å². The molecule has 0 aliphatic heterocycles. The second-order valence-corrected chi connectivity index (χ2v) is 4.54. The normalized spacial score (nSPS) is 12.3. The van der Waals surface area contributed by atoms with Crippen molar-refractivity contribution >= 4 is 28.6 Å². The number of halogens is 4. The number of alkyl halides is 2. The maximum absolute atomic E-state index is 13.2. The number of nitrogen functional groups attached to an aromatic ring is 1. The molecule has 0 fully saturated rings. The Labute approximate surface area is 122 Å². The van der Waals surface area contributed by atoms with Crippen LogP contribution in [0, 0.1) is 11.6 Å². The van der Waals surface area contributed by atoms with Crippen LogP contribution in [0.15, 0.2) is 12.1 Å². The molecule has 0 aliphatic rings. The Morgan fingerprint density at radius 1 is 1.33 bits per heavy atom. The number of benzene rings is 1. The lowest BCUT2D eigenvalue weighted by atomic mass is 10.2. The number of hydrogen-bond donors (Lipinski definition) is 4. The number of nitrogens with one attached hydrogen (secondary N) is 1. The summed E-state index contributed by atoms with van der Waals surface area (Å²) in [6.45, 7) is -0.845. The number of nitrogens with two attached hydrogens (primary N) is 1. The van der Waals surface area contributed by atoms with Crippen molar-refractivity contribution in [2.75, 3.05) is 23.9 Å². The summed E-state index contributed by atoms with van der Waals surface area (Å²) >= 11 is 4.29. The van der Waals surface area contributed by atoms with E-state index in [1.54, 1.807) is 0 Å². The van der Waals surface area contributed by atoms with Gasteiger partial charge in [0.1, 0.15) is 10.7 Å². The molecule has 5 nitrogen and oxygen atoms in total.